The SMILES string of the molecule is CC(=O)Cc1cn(C)c2c(C)ccc(C)c12. The largest absolute Gasteiger partial charge is 0.350 e. The summed E-state index contributed by atoms with van der Waals surface area (Å²) in [5.41, 5.74) is 4.90. The molecule has 0 N–H and O–H groups in total. The molecule has 2 heteroatoms. The van der Waals surface area contributed by atoms with Crippen LogP contribution in [0, 0.1) is 13.8 Å². The molecule has 1 aromatic carbocycles. The molecule has 2 nitrogen and oxygen atoms in total. The predicted molar refractivity (Wildman–Crippen MR) is 66.8 cm³/mol. The minimum atomic E-state index is 0.216. The van der Waals surface area contributed by atoms with Crippen molar-refractivity contribution in [3.8, 4) is 0 Å². The fourth-order valence-corrected chi connectivity index (χ4v) is 2.42. The molecule has 0 radical (unpaired) electrons. The highest BCUT2D eigenvalue weighted by atomic mass is 16.1. The minimum Gasteiger partial charge on any atom is -0.350 e. The number of fused-ring (bicyclic) bond motifs is 1. The van der Waals surface area contributed by atoms with E-state index < -0.39 is 0 Å². The summed E-state index contributed by atoms with van der Waals surface area (Å²) in [5.74, 6) is 0.216. The molecular weight excluding hydrogens is 198 g/mol. The van der Waals surface area contributed by atoms with Gasteiger partial charge in [0, 0.05) is 25.1 Å². The molecule has 0 saturated heterocycles. The van der Waals surface area contributed by atoms with Crippen molar-refractivity contribution < 1.29 is 4.79 Å². The second-order valence-electron chi connectivity index (χ2n) is 4.57. The molecule has 2 aromatic rings. The van der Waals surface area contributed by atoms with Crippen molar-refractivity contribution in [3.63, 3.8) is 0 Å². The average Bonchev–Trinajstić information content (AvgIpc) is 2.49. The molecule has 16 heavy (non-hydrogen) atoms. The summed E-state index contributed by atoms with van der Waals surface area (Å²) in [5, 5.41) is 1.25. The molecule has 0 atom stereocenters. The van der Waals surface area contributed by atoms with Crippen LogP contribution in [0.25, 0.3) is 10.9 Å². The van der Waals surface area contributed by atoms with E-state index in [1.165, 1.54) is 22.0 Å². The third-order valence-corrected chi connectivity index (χ3v) is 3.05. The van der Waals surface area contributed by atoms with Gasteiger partial charge < -0.3 is 4.57 Å². The number of aromatic nitrogens is 1. The van der Waals surface area contributed by atoms with Crippen molar-refractivity contribution in [2.24, 2.45) is 7.05 Å². The monoisotopic (exact) mass is 215 g/mol. The summed E-state index contributed by atoms with van der Waals surface area (Å²) < 4.78 is 2.12. The minimum absolute atomic E-state index is 0.216. The zero-order valence-electron chi connectivity index (χ0n) is 10.3. The molecule has 1 heterocycles. The second kappa shape index (κ2) is 3.78. The summed E-state index contributed by atoms with van der Waals surface area (Å²) >= 11 is 0. The van der Waals surface area contributed by atoms with Crippen LogP contribution >= 0.6 is 0 Å². The van der Waals surface area contributed by atoms with Gasteiger partial charge in [0.25, 0.3) is 0 Å². The van der Waals surface area contributed by atoms with Crippen LogP contribution in [0.15, 0.2) is 18.3 Å². The van der Waals surface area contributed by atoms with E-state index in [1.54, 1.807) is 6.92 Å². The van der Waals surface area contributed by atoms with E-state index in [-0.39, 0.29) is 5.78 Å². The van der Waals surface area contributed by atoms with Gasteiger partial charge in [-0.15, -0.1) is 0 Å². The highest BCUT2D eigenvalue weighted by molar-refractivity contribution is 5.93. The molecule has 0 unspecified atom stereocenters. The first-order valence-corrected chi connectivity index (χ1v) is 5.54. The lowest BCUT2D eigenvalue weighted by atomic mass is 10.0. The van der Waals surface area contributed by atoms with Crippen LogP contribution in [0.1, 0.15) is 23.6 Å². The Morgan fingerprint density at radius 2 is 1.88 bits per heavy atom. The number of hydrogen-bond donors (Lipinski definition) is 0. The predicted octanol–water partition coefficient (Wildman–Crippen LogP) is 2.93. The first kappa shape index (κ1) is 10.9. The molecule has 0 aliphatic carbocycles. The molecule has 0 amide bonds. The van der Waals surface area contributed by atoms with E-state index >= 15 is 0 Å². The summed E-state index contributed by atoms with van der Waals surface area (Å²) in [6, 6.07) is 4.26. The number of hydrogen-bond acceptors (Lipinski definition) is 1. The third-order valence-electron chi connectivity index (χ3n) is 3.05. The molecule has 0 fully saturated rings. The Balaban J connectivity index is 2.77. The first-order valence-electron chi connectivity index (χ1n) is 5.54. The lowest BCUT2D eigenvalue weighted by Crippen LogP contribution is -1.95. The maximum atomic E-state index is 11.3. The van der Waals surface area contributed by atoms with E-state index in [9.17, 15) is 4.79 Å². The van der Waals surface area contributed by atoms with Gasteiger partial charge in [0.15, 0.2) is 0 Å². The number of aryl methyl sites for hydroxylation is 3. The number of carbonyl (C=O) groups is 1. The maximum absolute atomic E-state index is 11.3. The summed E-state index contributed by atoms with van der Waals surface area (Å²) in [7, 11) is 2.04. The van der Waals surface area contributed by atoms with Crippen molar-refractivity contribution in [1.29, 1.82) is 0 Å². The van der Waals surface area contributed by atoms with Gasteiger partial charge in [-0.25, -0.2) is 0 Å². The van der Waals surface area contributed by atoms with Crippen molar-refractivity contribution in [2.75, 3.05) is 0 Å². The number of benzene rings is 1. The Bertz CT molecular complexity index is 564. The quantitative estimate of drug-likeness (QED) is 0.755. The number of Topliss-reactive ketones (excluding diaryl/α,β-unsaturated/α-hetero) is 1. The molecule has 0 spiro atoms. The van der Waals surface area contributed by atoms with E-state index in [4.69, 9.17) is 0 Å². The number of carbonyl (C=O) groups excluding carboxylic acids is 1. The van der Waals surface area contributed by atoms with Crippen LogP contribution < -0.4 is 0 Å². The van der Waals surface area contributed by atoms with Crippen molar-refractivity contribution in [2.45, 2.75) is 27.2 Å². The van der Waals surface area contributed by atoms with E-state index in [2.05, 4.69) is 36.7 Å². The third kappa shape index (κ3) is 1.64. The van der Waals surface area contributed by atoms with Crippen LogP contribution in [0.5, 0.6) is 0 Å². The molecule has 1 aromatic heterocycles. The van der Waals surface area contributed by atoms with Gasteiger partial charge in [-0.2, -0.15) is 0 Å². The van der Waals surface area contributed by atoms with E-state index in [0.717, 1.165) is 5.56 Å². The number of rotatable bonds is 2. The fourth-order valence-electron chi connectivity index (χ4n) is 2.42. The smallest absolute Gasteiger partial charge is 0.134 e. The zero-order chi connectivity index (χ0) is 11.9. The maximum Gasteiger partial charge on any atom is 0.134 e. The highest BCUT2D eigenvalue weighted by Crippen LogP contribution is 2.27. The molecule has 84 valence electrons. The van der Waals surface area contributed by atoms with Gasteiger partial charge in [0.2, 0.25) is 0 Å². The Labute approximate surface area is 95.9 Å². The van der Waals surface area contributed by atoms with Crippen molar-refractivity contribution in [3.05, 3.63) is 35.0 Å². The van der Waals surface area contributed by atoms with Crippen LogP contribution in [0.4, 0.5) is 0 Å². The van der Waals surface area contributed by atoms with Crippen LogP contribution in [-0.4, -0.2) is 10.4 Å². The van der Waals surface area contributed by atoms with Crippen LogP contribution in [0.3, 0.4) is 0 Å². The van der Waals surface area contributed by atoms with Crippen molar-refractivity contribution in [1.82, 2.24) is 4.57 Å². The average molecular weight is 215 g/mol. The van der Waals surface area contributed by atoms with E-state index in [1.807, 2.05) is 7.05 Å². The molecular formula is C14H17NO. The Hall–Kier alpha value is -1.57. The van der Waals surface area contributed by atoms with Gasteiger partial charge in [-0.3, -0.25) is 4.79 Å². The lowest BCUT2D eigenvalue weighted by Gasteiger charge is -2.04. The summed E-state index contributed by atoms with van der Waals surface area (Å²) in [6.07, 6.45) is 2.60. The second-order valence-corrected chi connectivity index (χ2v) is 4.57. The Morgan fingerprint density at radius 3 is 2.50 bits per heavy atom. The zero-order valence-corrected chi connectivity index (χ0v) is 10.3. The molecule has 0 saturated carbocycles. The highest BCUT2D eigenvalue weighted by Gasteiger charge is 2.12. The first-order chi connectivity index (χ1) is 7.50. The fraction of sp³-hybridized carbons (Fsp3) is 0.357. The van der Waals surface area contributed by atoms with Crippen LogP contribution in [0.2, 0.25) is 0 Å². The normalized spacial score (nSPS) is 11.0. The van der Waals surface area contributed by atoms with Crippen molar-refractivity contribution >= 4 is 16.7 Å². The van der Waals surface area contributed by atoms with Gasteiger partial charge in [0.1, 0.15) is 5.78 Å². The number of nitrogens with zero attached hydrogens (tertiary/aromatic N) is 1. The number of ketones is 1. The molecule has 0 aliphatic heterocycles. The lowest BCUT2D eigenvalue weighted by molar-refractivity contribution is -0.116. The Kier molecular flexibility index (Phi) is 2.58. The summed E-state index contributed by atoms with van der Waals surface area (Å²) in [4.78, 5) is 11.3. The standard InChI is InChI=1S/C14H17NO/c1-9-5-6-10(2)14-13(9)12(7-11(3)16)8-15(14)4/h5-6,8H,7H2,1-4H3. The van der Waals surface area contributed by atoms with Gasteiger partial charge in [-0.1, -0.05) is 12.1 Å². The van der Waals surface area contributed by atoms with Gasteiger partial charge in [0.05, 0.1) is 5.52 Å². The van der Waals surface area contributed by atoms with Gasteiger partial charge in [-0.05, 0) is 37.5 Å². The topological polar surface area (TPSA) is 22.0 Å². The summed E-state index contributed by atoms with van der Waals surface area (Å²) in [6.45, 7) is 5.86. The van der Waals surface area contributed by atoms with E-state index in [0.29, 0.717) is 6.42 Å². The molecule has 0 aliphatic rings. The Morgan fingerprint density at radius 1 is 1.25 bits per heavy atom. The van der Waals surface area contributed by atoms with Gasteiger partial charge >= 0.3 is 0 Å². The molecule has 2 rings (SSSR count). The van der Waals surface area contributed by atoms with Crippen LogP contribution in [-0.2, 0) is 18.3 Å². The molecule has 0 bridgehead atoms.